The molecular weight excluding hydrogens is 352 g/mol. The first-order valence-electron chi connectivity index (χ1n) is 9.56. The highest BCUT2D eigenvalue weighted by Crippen LogP contribution is 2.17. The van der Waals surface area contributed by atoms with Gasteiger partial charge in [0.05, 0.1) is 6.10 Å². The summed E-state index contributed by atoms with van der Waals surface area (Å²) in [7, 11) is 0. The molecule has 1 amide bonds. The number of ether oxygens (including phenoxy) is 1. The van der Waals surface area contributed by atoms with E-state index in [0.717, 1.165) is 30.6 Å². The van der Waals surface area contributed by atoms with Gasteiger partial charge in [0.15, 0.2) is 0 Å². The lowest BCUT2D eigenvalue weighted by Crippen LogP contribution is -2.37. The number of carbonyl (C=O) groups excluding carboxylic acids is 1. The van der Waals surface area contributed by atoms with Crippen LogP contribution in [0, 0.1) is 11.8 Å². The van der Waals surface area contributed by atoms with Gasteiger partial charge in [-0.3, -0.25) is 9.78 Å². The fraction of sp³-hybridized carbons (Fsp3) is 0.391. The number of rotatable bonds is 5. The number of nitrogens with zero attached hydrogens (tertiary/aromatic N) is 2. The fourth-order valence-electron chi connectivity index (χ4n) is 3.07. The molecule has 1 saturated heterocycles. The van der Waals surface area contributed by atoms with Gasteiger partial charge in [-0.25, -0.2) is 0 Å². The molecule has 5 nitrogen and oxygen atoms in total. The van der Waals surface area contributed by atoms with Gasteiger partial charge in [-0.2, -0.15) is 0 Å². The monoisotopic (exact) mass is 378 g/mol. The van der Waals surface area contributed by atoms with Crippen LogP contribution in [-0.4, -0.2) is 45.8 Å². The molecule has 1 aliphatic heterocycles. The van der Waals surface area contributed by atoms with Gasteiger partial charge in [0.25, 0.3) is 5.91 Å². The molecular formula is C23H26N2O3. The van der Waals surface area contributed by atoms with Crippen molar-refractivity contribution in [3.05, 3.63) is 65.5 Å². The van der Waals surface area contributed by atoms with Gasteiger partial charge < -0.3 is 14.7 Å². The summed E-state index contributed by atoms with van der Waals surface area (Å²) < 4.78 is 5.74. The summed E-state index contributed by atoms with van der Waals surface area (Å²) in [5.74, 6) is 5.67. The number of pyridine rings is 1. The molecule has 146 valence electrons. The quantitative estimate of drug-likeness (QED) is 0.813. The van der Waals surface area contributed by atoms with E-state index in [0.29, 0.717) is 18.7 Å². The standard InChI is InChI=1S/C23H26N2O3/c1-23(2,27)12-9-18-5-7-20(8-6-18)22(26)25(17-21-4-3-15-28-21)16-19-10-13-24-14-11-19/h5-8,10-11,13-14,21,27H,3-4,15-17H2,1-2H3. The van der Waals surface area contributed by atoms with Gasteiger partial charge in [-0.05, 0) is 68.7 Å². The van der Waals surface area contributed by atoms with E-state index in [1.807, 2.05) is 29.2 Å². The minimum atomic E-state index is -1.04. The van der Waals surface area contributed by atoms with E-state index in [-0.39, 0.29) is 12.0 Å². The Labute approximate surface area is 166 Å². The van der Waals surface area contributed by atoms with Gasteiger partial charge in [0.2, 0.25) is 0 Å². The first-order valence-corrected chi connectivity index (χ1v) is 9.56. The van der Waals surface area contributed by atoms with E-state index in [9.17, 15) is 9.90 Å². The van der Waals surface area contributed by atoms with Crippen LogP contribution < -0.4 is 0 Å². The molecule has 0 aliphatic carbocycles. The van der Waals surface area contributed by atoms with E-state index < -0.39 is 5.60 Å². The van der Waals surface area contributed by atoms with E-state index in [1.54, 1.807) is 38.4 Å². The number of hydrogen-bond acceptors (Lipinski definition) is 4. The van der Waals surface area contributed by atoms with Crippen LogP contribution in [0.2, 0.25) is 0 Å². The molecule has 1 aliphatic rings. The van der Waals surface area contributed by atoms with Crippen molar-refractivity contribution in [1.29, 1.82) is 0 Å². The molecule has 1 aromatic heterocycles. The molecule has 28 heavy (non-hydrogen) atoms. The van der Waals surface area contributed by atoms with Crippen LogP contribution in [0.4, 0.5) is 0 Å². The van der Waals surface area contributed by atoms with Crippen molar-refractivity contribution in [1.82, 2.24) is 9.88 Å². The van der Waals surface area contributed by atoms with E-state index in [1.165, 1.54) is 0 Å². The van der Waals surface area contributed by atoms with Crippen molar-refractivity contribution in [3.8, 4) is 11.8 Å². The average Bonchev–Trinajstić information content (AvgIpc) is 3.19. The largest absolute Gasteiger partial charge is 0.378 e. The Balaban J connectivity index is 1.76. The summed E-state index contributed by atoms with van der Waals surface area (Å²) in [6.45, 7) is 5.12. The molecule has 3 rings (SSSR count). The van der Waals surface area contributed by atoms with Crippen LogP contribution in [-0.2, 0) is 11.3 Å². The van der Waals surface area contributed by atoms with Crippen molar-refractivity contribution < 1.29 is 14.6 Å². The predicted molar refractivity (Wildman–Crippen MR) is 108 cm³/mol. The minimum Gasteiger partial charge on any atom is -0.378 e. The average molecular weight is 378 g/mol. The number of carbonyl (C=O) groups is 1. The van der Waals surface area contributed by atoms with E-state index in [4.69, 9.17) is 4.74 Å². The molecule has 1 aromatic carbocycles. The Morgan fingerprint density at radius 1 is 1.25 bits per heavy atom. The van der Waals surface area contributed by atoms with E-state index >= 15 is 0 Å². The first-order chi connectivity index (χ1) is 13.4. The molecule has 1 N–H and O–H groups in total. The number of aromatic nitrogens is 1. The molecule has 0 radical (unpaired) electrons. The van der Waals surface area contributed by atoms with Crippen LogP contribution >= 0.6 is 0 Å². The summed E-state index contributed by atoms with van der Waals surface area (Å²) in [5, 5.41) is 9.72. The molecule has 1 atom stereocenters. The zero-order valence-corrected chi connectivity index (χ0v) is 16.4. The number of amides is 1. The number of benzene rings is 1. The zero-order valence-electron chi connectivity index (χ0n) is 16.4. The molecule has 0 saturated carbocycles. The van der Waals surface area contributed by atoms with Crippen molar-refractivity contribution in [3.63, 3.8) is 0 Å². The van der Waals surface area contributed by atoms with Gasteiger partial charge in [0, 0.05) is 43.2 Å². The lowest BCUT2D eigenvalue weighted by atomic mass is 10.1. The molecule has 5 heteroatoms. The van der Waals surface area contributed by atoms with Gasteiger partial charge in [-0.15, -0.1) is 0 Å². The van der Waals surface area contributed by atoms with Crippen LogP contribution in [0.25, 0.3) is 0 Å². The summed E-state index contributed by atoms with van der Waals surface area (Å²) in [6.07, 6.45) is 5.57. The fourth-order valence-corrected chi connectivity index (χ4v) is 3.07. The minimum absolute atomic E-state index is 0.0330. The molecule has 2 aromatic rings. The lowest BCUT2D eigenvalue weighted by Gasteiger charge is -2.25. The van der Waals surface area contributed by atoms with Gasteiger partial charge >= 0.3 is 0 Å². The maximum atomic E-state index is 13.1. The van der Waals surface area contributed by atoms with Crippen LogP contribution in [0.5, 0.6) is 0 Å². The molecule has 1 unspecified atom stereocenters. The van der Waals surface area contributed by atoms with Crippen molar-refractivity contribution >= 4 is 5.91 Å². The Morgan fingerprint density at radius 3 is 2.57 bits per heavy atom. The summed E-state index contributed by atoms with van der Waals surface area (Å²) in [5.41, 5.74) is 1.37. The normalized spacial score (nSPS) is 16.3. The highest BCUT2D eigenvalue weighted by molar-refractivity contribution is 5.94. The molecule has 2 heterocycles. The molecule has 0 bridgehead atoms. The Morgan fingerprint density at radius 2 is 1.96 bits per heavy atom. The summed E-state index contributed by atoms with van der Waals surface area (Å²) in [4.78, 5) is 19.0. The predicted octanol–water partition coefficient (Wildman–Crippen LogP) is 3.03. The smallest absolute Gasteiger partial charge is 0.254 e. The Hall–Kier alpha value is -2.68. The van der Waals surface area contributed by atoms with Crippen LogP contribution in [0.1, 0.15) is 48.2 Å². The third-order valence-electron chi connectivity index (χ3n) is 4.50. The topological polar surface area (TPSA) is 62.7 Å². The van der Waals surface area contributed by atoms with Gasteiger partial charge in [0.1, 0.15) is 5.60 Å². The zero-order chi connectivity index (χ0) is 20.0. The SMILES string of the molecule is CC(C)(O)C#Cc1ccc(C(=O)N(Cc2ccncc2)CC2CCCO2)cc1. The summed E-state index contributed by atoms with van der Waals surface area (Å²) >= 11 is 0. The van der Waals surface area contributed by atoms with Crippen LogP contribution in [0.15, 0.2) is 48.8 Å². The molecule has 1 fully saturated rings. The number of aliphatic hydroxyl groups is 1. The first kappa shape index (κ1) is 20.1. The van der Waals surface area contributed by atoms with Crippen molar-refractivity contribution in [2.45, 2.75) is 44.9 Å². The third kappa shape index (κ3) is 5.91. The van der Waals surface area contributed by atoms with Crippen molar-refractivity contribution in [2.75, 3.05) is 13.2 Å². The highest BCUT2D eigenvalue weighted by atomic mass is 16.5. The van der Waals surface area contributed by atoms with Crippen LogP contribution in [0.3, 0.4) is 0 Å². The third-order valence-corrected chi connectivity index (χ3v) is 4.50. The summed E-state index contributed by atoms with van der Waals surface area (Å²) in [6, 6.07) is 11.0. The van der Waals surface area contributed by atoms with Gasteiger partial charge in [-0.1, -0.05) is 11.8 Å². The Kier molecular flexibility index (Phi) is 6.45. The van der Waals surface area contributed by atoms with Crippen molar-refractivity contribution in [2.24, 2.45) is 0 Å². The number of hydrogen-bond donors (Lipinski definition) is 1. The maximum Gasteiger partial charge on any atom is 0.254 e. The maximum absolute atomic E-state index is 13.1. The lowest BCUT2D eigenvalue weighted by molar-refractivity contribution is 0.0507. The Bertz CT molecular complexity index is 839. The second-order valence-electron chi connectivity index (χ2n) is 7.56. The van der Waals surface area contributed by atoms with E-state index in [2.05, 4.69) is 16.8 Å². The second-order valence-corrected chi connectivity index (χ2v) is 7.56. The second kappa shape index (κ2) is 9.01. The highest BCUT2D eigenvalue weighted by Gasteiger charge is 2.23. The molecule has 0 spiro atoms.